The third-order valence-electron chi connectivity index (χ3n) is 5.33. The van der Waals surface area contributed by atoms with Gasteiger partial charge in [0.25, 0.3) is 0 Å². The number of carbonyl (C=O) groups excluding carboxylic acids is 1. The topological polar surface area (TPSA) is 71.4 Å². The van der Waals surface area contributed by atoms with Crippen LogP contribution in [0.1, 0.15) is 24.8 Å². The van der Waals surface area contributed by atoms with Gasteiger partial charge in [-0.1, -0.05) is 0 Å². The van der Waals surface area contributed by atoms with Crippen molar-refractivity contribution in [2.75, 3.05) is 39.9 Å². The number of hydrogen-bond acceptors (Lipinski definition) is 5. The van der Waals surface area contributed by atoms with Crippen LogP contribution < -0.4 is 10.6 Å². The predicted octanol–water partition coefficient (Wildman–Crippen LogP) is 0.127. The summed E-state index contributed by atoms with van der Waals surface area (Å²) in [6.07, 6.45) is 7.05. The summed E-state index contributed by atoms with van der Waals surface area (Å²) in [5, 5.41) is 11.1. The smallest absolute Gasteiger partial charge is 0.240 e. The van der Waals surface area contributed by atoms with Gasteiger partial charge in [-0.15, -0.1) is 0 Å². The monoisotopic (exact) mass is 335 g/mol. The molecule has 2 N–H and O–H groups in total. The van der Waals surface area contributed by atoms with Crippen LogP contribution in [0.15, 0.2) is 12.4 Å². The number of rotatable bonds is 6. The van der Waals surface area contributed by atoms with Crippen molar-refractivity contribution in [1.82, 2.24) is 25.3 Å². The third kappa shape index (κ3) is 3.96. The highest BCUT2D eigenvalue weighted by Crippen LogP contribution is 2.37. The summed E-state index contributed by atoms with van der Waals surface area (Å²) >= 11 is 0. The first-order valence-corrected chi connectivity index (χ1v) is 8.81. The second-order valence-corrected chi connectivity index (χ2v) is 7.16. The van der Waals surface area contributed by atoms with Gasteiger partial charge in [0.2, 0.25) is 5.91 Å². The highest BCUT2D eigenvalue weighted by atomic mass is 16.5. The molecular weight excluding hydrogens is 306 g/mol. The van der Waals surface area contributed by atoms with E-state index in [0.29, 0.717) is 25.1 Å². The minimum absolute atomic E-state index is 0.0726. The number of amides is 1. The molecule has 0 radical (unpaired) electrons. The average molecular weight is 335 g/mol. The van der Waals surface area contributed by atoms with E-state index >= 15 is 0 Å². The Morgan fingerprint density at radius 3 is 2.96 bits per heavy atom. The molecule has 2 aliphatic heterocycles. The van der Waals surface area contributed by atoms with Crippen LogP contribution in [0, 0.1) is 5.41 Å². The molecule has 0 unspecified atom stereocenters. The van der Waals surface area contributed by atoms with E-state index in [0.717, 1.165) is 44.5 Å². The van der Waals surface area contributed by atoms with Crippen molar-refractivity contribution < 1.29 is 9.53 Å². The molecule has 1 spiro atoms. The molecule has 0 aromatic carbocycles. The van der Waals surface area contributed by atoms with E-state index in [1.807, 2.05) is 24.3 Å². The molecular formula is C17H29N5O2. The highest BCUT2D eigenvalue weighted by Gasteiger charge is 2.43. The van der Waals surface area contributed by atoms with Gasteiger partial charge in [0.05, 0.1) is 18.8 Å². The zero-order valence-corrected chi connectivity index (χ0v) is 14.8. The van der Waals surface area contributed by atoms with Crippen LogP contribution in [-0.2, 0) is 23.1 Å². The van der Waals surface area contributed by atoms with Crippen molar-refractivity contribution >= 4 is 5.91 Å². The fourth-order valence-corrected chi connectivity index (χ4v) is 3.89. The quantitative estimate of drug-likeness (QED) is 0.773. The molecule has 1 aromatic rings. The molecule has 1 atom stereocenters. The van der Waals surface area contributed by atoms with Gasteiger partial charge in [0.1, 0.15) is 0 Å². The number of nitrogens with one attached hydrogen (secondary N) is 2. The molecule has 0 saturated carbocycles. The molecule has 1 amide bonds. The first-order valence-electron chi connectivity index (χ1n) is 8.81. The van der Waals surface area contributed by atoms with Crippen LogP contribution in [0.3, 0.4) is 0 Å². The maximum atomic E-state index is 13.1. The van der Waals surface area contributed by atoms with Crippen LogP contribution in [-0.4, -0.2) is 66.5 Å². The first kappa shape index (κ1) is 17.4. The maximum absolute atomic E-state index is 13.1. The van der Waals surface area contributed by atoms with Gasteiger partial charge >= 0.3 is 0 Å². The van der Waals surface area contributed by atoms with E-state index in [1.54, 1.807) is 11.8 Å². The van der Waals surface area contributed by atoms with Gasteiger partial charge in [-0.05, 0) is 37.8 Å². The summed E-state index contributed by atoms with van der Waals surface area (Å²) in [5.41, 5.74) is 1.35. The lowest BCUT2D eigenvalue weighted by Gasteiger charge is -2.33. The number of ether oxygens (including phenoxy) is 1. The van der Waals surface area contributed by atoms with E-state index in [-0.39, 0.29) is 11.9 Å². The van der Waals surface area contributed by atoms with E-state index in [2.05, 4.69) is 15.7 Å². The number of piperidine rings is 1. The number of aromatic nitrogens is 2. The van der Waals surface area contributed by atoms with Crippen LogP contribution in [0.25, 0.3) is 0 Å². The lowest BCUT2D eigenvalue weighted by atomic mass is 9.77. The molecule has 3 heterocycles. The Morgan fingerprint density at radius 1 is 1.50 bits per heavy atom. The third-order valence-corrected chi connectivity index (χ3v) is 5.33. The van der Waals surface area contributed by atoms with E-state index in [9.17, 15) is 4.79 Å². The molecule has 2 saturated heterocycles. The largest absolute Gasteiger partial charge is 0.383 e. The fraction of sp³-hybridized carbons (Fsp3) is 0.765. The summed E-state index contributed by atoms with van der Waals surface area (Å²) in [6.45, 7) is 4.82. The molecule has 7 nitrogen and oxygen atoms in total. The standard InChI is InChI=1S/C17H29N5O2/c1-21-11-14(10-20-21)12-22(7-8-24-2)16(23)15-9-17(13-19-15)3-5-18-6-4-17/h10-11,15,18-19H,3-9,12-13H2,1-2H3/t15-/m0/s1. The van der Waals surface area contributed by atoms with Gasteiger partial charge in [-0.25, -0.2) is 0 Å². The molecule has 24 heavy (non-hydrogen) atoms. The van der Waals surface area contributed by atoms with Gasteiger partial charge in [0, 0.05) is 45.6 Å². The number of aryl methyl sites for hydroxylation is 1. The van der Waals surface area contributed by atoms with Crippen LogP contribution in [0.2, 0.25) is 0 Å². The average Bonchev–Trinajstić information content (AvgIpc) is 3.18. The summed E-state index contributed by atoms with van der Waals surface area (Å²) < 4.78 is 6.96. The molecule has 0 aliphatic carbocycles. The molecule has 7 heteroatoms. The lowest BCUT2D eigenvalue weighted by molar-refractivity contribution is -0.134. The zero-order valence-electron chi connectivity index (χ0n) is 14.8. The van der Waals surface area contributed by atoms with Crippen molar-refractivity contribution in [1.29, 1.82) is 0 Å². The van der Waals surface area contributed by atoms with Gasteiger partial charge in [-0.3, -0.25) is 9.48 Å². The van der Waals surface area contributed by atoms with Gasteiger partial charge in [0.15, 0.2) is 0 Å². The van der Waals surface area contributed by atoms with Crippen molar-refractivity contribution in [2.45, 2.75) is 31.8 Å². The minimum Gasteiger partial charge on any atom is -0.383 e. The fourth-order valence-electron chi connectivity index (χ4n) is 3.89. The number of methoxy groups -OCH3 is 1. The number of carbonyl (C=O) groups is 1. The first-order chi connectivity index (χ1) is 11.6. The SMILES string of the molecule is COCCN(Cc1cnn(C)c1)C(=O)[C@@H]1CC2(CCNCC2)CN1. The maximum Gasteiger partial charge on any atom is 0.240 e. The molecule has 134 valence electrons. The summed E-state index contributed by atoms with van der Waals surface area (Å²) in [4.78, 5) is 15.0. The molecule has 1 aromatic heterocycles. The molecule has 3 rings (SSSR count). The minimum atomic E-state index is -0.0726. The van der Waals surface area contributed by atoms with Crippen LogP contribution in [0.5, 0.6) is 0 Å². The second-order valence-electron chi connectivity index (χ2n) is 7.16. The van der Waals surface area contributed by atoms with Gasteiger partial charge in [-0.2, -0.15) is 5.10 Å². The van der Waals surface area contributed by atoms with Gasteiger partial charge < -0.3 is 20.3 Å². The second kappa shape index (κ2) is 7.63. The van der Waals surface area contributed by atoms with Crippen LogP contribution in [0.4, 0.5) is 0 Å². The van der Waals surface area contributed by atoms with Crippen molar-refractivity contribution in [3.05, 3.63) is 18.0 Å². The highest BCUT2D eigenvalue weighted by molar-refractivity contribution is 5.82. The Hall–Kier alpha value is -1.44. The van der Waals surface area contributed by atoms with Crippen molar-refractivity contribution in [3.8, 4) is 0 Å². The Bertz CT molecular complexity index is 553. The summed E-state index contributed by atoms with van der Waals surface area (Å²) in [6, 6.07) is -0.0726. The molecule has 2 fully saturated rings. The summed E-state index contributed by atoms with van der Waals surface area (Å²) in [5.74, 6) is 0.186. The van der Waals surface area contributed by atoms with Crippen molar-refractivity contribution in [3.63, 3.8) is 0 Å². The van der Waals surface area contributed by atoms with Crippen molar-refractivity contribution in [2.24, 2.45) is 12.5 Å². The van der Waals surface area contributed by atoms with E-state index in [4.69, 9.17) is 4.74 Å². The van der Waals surface area contributed by atoms with Crippen LogP contribution >= 0.6 is 0 Å². The normalized spacial score (nSPS) is 22.8. The summed E-state index contributed by atoms with van der Waals surface area (Å²) in [7, 11) is 3.56. The molecule has 2 aliphatic rings. The zero-order chi connectivity index (χ0) is 17.0. The van der Waals surface area contributed by atoms with E-state index < -0.39 is 0 Å². The van der Waals surface area contributed by atoms with E-state index in [1.165, 1.54) is 0 Å². The number of hydrogen-bond donors (Lipinski definition) is 2. The predicted molar refractivity (Wildman–Crippen MR) is 91.4 cm³/mol. The Morgan fingerprint density at radius 2 is 2.29 bits per heavy atom. The molecule has 0 bridgehead atoms. The Kier molecular flexibility index (Phi) is 5.53. The lowest BCUT2D eigenvalue weighted by Crippen LogP contribution is -2.44. The Labute approximate surface area is 143 Å². The number of nitrogens with zero attached hydrogens (tertiary/aromatic N) is 3. The Balaban J connectivity index is 1.64.